The van der Waals surface area contributed by atoms with E-state index in [1.54, 1.807) is 0 Å². The average Bonchev–Trinajstić information content (AvgIpc) is 2.60. The Bertz CT molecular complexity index is 565. The summed E-state index contributed by atoms with van der Waals surface area (Å²) < 4.78 is 1.12. The van der Waals surface area contributed by atoms with E-state index < -0.39 is 0 Å². The van der Waals surface area contributed by atoms with Gasteiger partial charge in [-0.05, 0) is 42.8 Å². The van der Waals surface area contributed by atoms with Gasteiger partial charge in [-0.3, -0.25) is 0 Å². The van der Waals surface area contributed by atoms with E-state index in [9.17, 15) is 0 Å². The minimum atomic E-state index is 0.469. The molecule has 0 aliphatic carbocycles. The predicted molar refractivity (Wildman–Crippen MR) is 83.9 cm³/mol. The number of hydrogen-bond acceptors (Lipinski definition) is 2. The summed E-state index contributed by atoms with van der Waals surface area (Å²) in [7, 11) is 0. The first-order chi connectivity index (χ1) is 9.24. The molecule has 2 aromatic rings. The quantitative estimate of drug-likeness (QED) is 0.852. The van der Waals surface area contributed by atoms with Gasteiger partial charge >= 0.3 is 0 Å². The molecular weight excluding hydrogens is 300 g/mol. The fraction of sp³-hybridized carbons (Fsp3) is 0.250. The van der Waals surface area contributed by atoms with Crippen molar-refractivity contribution in [1.29, 1.82) is 0 Å². The minimum Gasteiger partial charge on any atom is -0.340 e. The van der Waals surface area contributed by atoms with Crippen LogP contribution in [0.15, 0.2) is 53.0 Å². The first-order valence-electron chi connectivity index (χ1n) is 6.58. The Balaban J connectivity index is 2.05. The van der Waals surface area contributed by atoms with Crippen LogP contribution in [0.2, 0.25) is 0 Å². The van der Waals surface area contributed by atoms with Crippen molar-refractivity contribution >= 4 is 27.3 Å². The Morgan fingerprint density at radius 3 is 2.63 bits per heavy atom. The number of benzene rings is 2. The molecule has 0 amide bonds. The normalized spacial score (nSPS) is 18.8. The van der Waals surface area contributed by atoms with Gasteiger partial charge in [0.15, 0.2) is 0 Å². The molecular formula is C16H17BrN2. The molecule has 1 aliphatic rings. The van der Waals surface area contributed by atoms with Gasteiger partial charge in [0.2, 0.25) is 0 Å². The number of rotatable bonds is 1. The van der Waals surface area contributed by atoms with Crippen LogP contribution < -0.4 is 10.2 Å². The molecule has 2 nitrogen and oxygen atoms in total. The lowest BCUT2D eigenvalue weighted by molar-refractivity contribution is 0.568. The van der Waals surface area contributed by atoms with E-state index >= 15 is 0 Å². The number of para-hydroxylation sites is 1. The maximum Gasteiger partial charge on any atom is 0.0456 e. The molecule has 3 rings (SSSR count). The van der Waals surface area contributed by atoms with Crippen molar-refractivity contribution in [2.24, 2.45) is 0 Å². The topological polar surface area (TPSA) is 15.3 Å². The molecule has 1 aliphatic heterocycles. The van der Waals surface area contributed by atoms with Crippen LogP contribution in [0.4, 0.5) is 11.4 Å². The standard InChI is InChI=1S/C16H17BrN2/c1-12-11-19(15-8-6-14(17)7-9-15)16-5-3-2-4-13(16)10-18-12/h2-9,12,18H,10-11H2,1H3. The van der Waals surface area contributed by atoms with Gasteiger partial charge in [-0.25, -0.2) is 0 Å². The maximum atomic E-state index is 3.56. The summed E-state index contributed by atoms with van der Waals surface area (Å²) in [4.78, 5) is 2.40. The van der Waals surface area contributed by atoms with Gasteiger partial charge in [0.1, 0.15) is 0 Å². The highest BCUT2D eigenvalue weighted by molar-refractivity contribution is 9.10. The summed E-state index contributed by atoms with van der Waals surface area (Å²) in [6.45, 7) is 4.15. The molecule has 0 saturated heterocycles. The number of hydrogen-bond donors (Lipinski definition) is 1. The van der Waals surface area contributed by atoms with E-state index in [-0.39, 0.29) is 0 Å². The van der Waals surface area contributed by atoms with E-state index in [0.717, 1.165) is 17.6 Å². The summed E-state index contributed by atoms with van der Waals surface area (Å²) in [6, 6.07) is 17.6. The molecule has 0 fully saturated rings. The molecule has 1 N–H and O–H groups in total. The van der Waals surface area contributed by atoms with E-state index in [2.05, 4.69) is 81.6 Å². The van der Waals surface area contributed by atoms with Crippen LogP contribution in [0.5, 0.6) is 0 Å². The van der Waals surface area contributed by atoms with Crippen LogP contribution in [0.3, 0.4) is 0 Å². The molecule has 1 heterocycles. The summed E-state index contributed by atoms with van der Waals surface area (Å²) in [6.07, 6.45) is 0. The Labute approximate surface area is 122 Å². The van der Waals surface area contributed by atoms with Crippen LogP contribution in [0.25, 0.3) is 0 Å². The molecule has 0 bridgehead atoms. The monoisotopic (exact) mass is 316 g/mol. The highest BCUT2D eigenvalue weighted by Crippen LogP contribution is 2.31. The summed E-state index contributed by atoms with van der Waals surface area (Å²) in [5.41, 5.74) is 3.91. The van der Waals surface area contributed by atoms with Crippen molar-refractivity contribution in [2.45, 2.75) is 19.5 Å². The Morgan fingerprint density at radius 1 is 1.11 bits per heavy atom. The third-order valence-corrected chi connectivity index (χ3v) is 4.05. The number of fused-ring (bicyclic) bond motifs is 1. The smallest absolute Gasteiger partial charge is 0.0456 e. The first-order valence-corrected chi connectivity index (χ1v) is 7.38. The fourth-order valence-electron chi connectivity index (χ4n) is 2.51. The van der Waals surface area contributed by atoms with Crippen molar-refractivity contribution < 1.29 is 0 Å². The minimum absolute atomic E-state index is 0.469. The van der Waals surface area contributed by atoms with Gasteiger partial charge in [0, 0.05) is 35.0 Å². The van der Waals surface area contributed by atoms with E-state index in [1.807, 2.05) is 0 Å². The molecule has 0 saturated carbocycles. The highest BCUT2D eigenvalue weighted by atomic mass is 79.9. The molecule has 19 heavy (non-hydrogen) atoms. The average molecular weight is 317 g/mol. The fourth-order valence-corrected chi connectivity index (χ4v) is 2.77. The Kier molecular flexibility index (Phi) is 3.58. The highest BCUT2D eigenvalue weighted by Gasteiger charge is 2.19. The number of halogens is 1. The zero-order valence-electron chi connectivity index (χ0n) is 10.9. The molecule has 0 spiro atoms. The molecule has 98 valence electrons. The van der Waals surface area contributed by atoms with Gasteiger partial charge in [0.05, 0.1) is 0 Å². The summed E-state index contributed by atoms with van der Waals surface area (Å²) in [5.74, 6) is 0. The van der Waals surface area contributed by atoms with Crippen molar-refractivity contribution in [3.05, 3.63) is 58.6 Å². The molecule has 0 radical (unpaired) electrons. The molecule has 2 aromatic carbocycles. The predicted octanol–water partition coefficient (Wildman–Crippen LogP) is 4.08. The number of nitrogens with zero attached hydrogens (tertiary/aromatic N) is 1. The summed E-state index contributed by atoms with van der Waals surface area (Å²) >= 11 is 3.50. The van der Waals surface area contributed by atoms with Gasteiger partial charge in [-0.15, -0.1) is 0 Å². The van der Waals surface area contributed by atoms with E-state index in [1.165, 1.54) is 16.9 Å². The lowest BCUT2D eigenvalue weighted by Gasteiger charge is -2.26. The zero-order valence-corrected chi connectivity index (χ0v) is 12.5. The lowest BCUT2D eigenvalue weighted by atomic mass is 10.1. The van der Waals surface area contributed by atoms with Crippen molar-refractivity contribution in [1.82, 2.24) is 5.32 Å². The maximum absolute atomic E-state index is 3.56. The van der Waals surface area contributed by atoms with Gasteiger partial charge < -0.3 is 10.2 Å². The third kappa shape index (κ3) is 2.67. The van der Waals surface area contributed by atoms with E-state index in [4.69, 9.17) is 0 Å². The van der Waals surface area contributed by atoms with Crippen LogP contribution >= 0.6 is 15.9 Å². The molecule has 1 atom stereocenters. The second-order valence-electron chi connectivity index (χ2n) is 5.00. The van der Waals surface area contributed by atoms with Gasteiger partial charge in [0.25, 0.3) is 0 Å². The molecule has 0 aromatic heterocycles. The summed E-state index contributed by atoms with van der Waals surface area (Å²) in [5, 5.41) is 3.56. The number of nitrogens with one attached hydrogen (secondary N) is 1. The largest absolute Gasteiger partial charge is 0.340 e. The Morgan fingerprint density at radius 2 is 1.84 bits per heavy atom. The van der Waals surface area contributed by atoms with Crippen molar-refractivity contribution in [3.8, 4) is 0 Å². The van der Waals surface area contributed by atoms with Crippen LogP contribution in [0.1, 0.15) is 12.5 Å². The SMILES string of the molecule is CC1CN(c2ccc(Br)cc2)c2ccccc2CN1. The third-order valence-electron chi connectivity index (χ3n) is 3.52. The van der Waals surface area contributed by atoms with E-state index in [0.29, 0.717) is 6.04 Å². The molecule has 1 unspecified atom stereocenters. The van der Waals surface area contributed by atoms with Gasteiger partial charge in [-0.2, -0.15) is 0 Å². The second-order valence-corrected chi connectivity index (χ2v) is 5.91. The lowest BCUT2D eigenvalue weighted by Crippen LogP contribution is -2.33. The number of anilines is 2. The Hall–Kier alpha value is -1.32. The van der Waals surface area contributed by atoms with Crippen molar-refractivity contribution in [3.63, 3.8) is 0 Å². The first kappa shape index (κ1) is 12.7. The second kappa shape index (κ2) is 5.35. The molecule has 3 heteroatoms. The van der Waals surface area contributed by atoms with Crippen LogP contribution in [-0.2, 0) is 6.54 Å². The van der Waals surface area contributed by atoms with Crippen molar-refractivity contribution in [2.75, 3.05) is 11.4 Å². The van der Waals surface area contributed by atoms with Crippen LogP contribution in [-0.4, -0.2) is 12.6 Å². The van der Waals surface area contributed by atoms with Gasteiger partial charge in [-0.1, -0.05) is 34.1 Å². The zero-order chi connectivity index (χ0) is 13.2. The van der Waals surface area contributed by atoms with Crippen LogP contribution in [0, 0.1) is 0 Å².